The molecule has 1 aliphatic heterocycles. The van der Waals surface area contributed by atoms with Crippen LogP contribution in [0.4, 0.5) is 4.39 Å². The highest BCUT2D eigenvalue weighted by Crippen LogP contribution is 2.25. The van der Waals surface area contributed by atoms with Crippen LogP contribution in [0.15, 0.2) is 42.5 Å². The molecule has 1 amide bonds. The Labute approximate surface area is 145 Å². The number of rotatable bonds is 3. The van der Waals surface area contributed by atoms with Crippen LogP contribution in [-0.4, -0.2) is 15.5 Å². The molecule has 4 nitrogen and oxygen atoms in total. The lowest BCUT2D eigenvalue weighted by Gasteiger charge is -2.19. The van der Waals surface area contributed by atoms with E-state index in [9.17, 15) is 9.18 Å². The summed E-state index contributed by atoms with van der Waals surface area (Å²) in [5, 5.41) is 2.87. The number of halogens is 1. The van der Waals surface area contributed by atoms with Gasteiger partial charge in [0.05, 0.1) is 11.0 Å². The molecule has 128 valence electrons. The first kappa shape index (κ1) is 15.8. The lowest BCUT2D eigenvalue weighted by Crippen LogP contribution is -2.22. The van der Waals surface area contributed by atoms with E-state index in [-0.39, 0.29) is 11.7 Å². The number of amides is 1. The van der Waals surface area contributed by atoms with E-state index in [1.54, 1.807) is 12.1 Å². The fourth-order valence-electron chi connectivity index (χ4n) is 3.38. The number of aromatic nitrogens is 2. The van der Waals surface area contributed by atoms with Crippen LogP contribution in [0.25, 0.3) is 11.0 Å². The molecule has 0 aliphatic carbocycles. The number of hydrogen-bond donors (Lipinski definition) is 1. The lowest BCUT2D eigenvalue weighted by molar-refractivity contribution is 0.0951. The van der Waals surface area contributed by atoms with Crippen molar-refractivity contribution in [2.75, 3.05) is 0 Å². The molecule has 1 N–H and O–H groups in total. The van der Waals surface area contributed by atoms with Gasteiger partial charge >= 0.3 is 0 Å². The zero-order valence-electron chi connectivity index (χ0n) is 14.1. The Balaban J connectivity index is 1.53. The molecule has 0 saturated heterocycles. The molecule has 1 atom stereocenters. The molecule has 2 heterocycles. The van der Waals surface area contributed by atoms with E-state index >= 15 is 0 Å². The smallest absolute Gasteiger partial charge is 0.251 e. The fourth-order valence-corrected chi connectivity index (χ4v) is 3.38. The van der Waals surface area contributed by atoms with Crippen molar-refractivity contribution in [2.24, 2.45) is 5.92 Å². The maximum Gasteiger partial charge on any atom is 0.251 e. The quantitative estimate of drug-likeness (QED) is 0.792. The molecular weight excluding hydrogens is 317 g/mol. The Morgan fingerprint density at radius 1 is 1.28 bits per heavy atom. The second-order valence-corrected chi connectivity index (χ2v) is 6.79. The Morgan fingerprint density at radius 2 is 2.08 bits per heavy atom. The number of aryl methyl sites for hydroxylation is 1. The number of nitrogens with one attached hydrogen (secondary N) is 1. The lowest BCUT2D eigenvalue weighted by atomic mass is 10.0. The van der Waals surface area contributed by atoms with Crippen LogP contribution in [0.3, 0.4) is 0 Å². The van der Waals surface area contributed by atoms with Crippen LogP contribution in [0.2, 0.25) is 0 Å². The first-order valence-corrected chi connectivity index (χ1v) is 8.62. The molecule has 2 aromatic carbocycles. The highest BCUT2D eigenvalue weighted by atomic mass is 19.1. The van der Waals surface area contributed by atoms with Gasteiger partial charge in [0, 0.05) is 25.1 Å². The van der Waals surface area contributed by atoms with Crippen molar-refractivity contribution in [1.82, 2.24) is 14.9 Å². The summed E-state index contributed by atoms with van der Waals surface area (Å²) in [7, 11) is 0. The summed E-state index contributed by atoms with van der Waals surface area (Å²) < 4.78 is 15.2. The first-order valence-electron chi connectivity index (χ1n) is 8.62. The van der Waals surface area contributed by atoms with Crippen LogP contribution >= 0.6 is 0 Å². The molecule has 4 rings (SSSR count). The third-order valence-corrected chi connectivity index (χ3v) is 4.83. The van der Waals surface area contributed by atoms with Crippen molar-refractivity contribution < 1.29 is 9.18 Å². The van der Waals surface area contributed by atoms with Crippen LogP contribution in [0, 0.1) is 11.7 Å². The Bertz CT molecular complexity index is 930. The molecular formula is C20H20FN3O. The molecule has 0 unspecified atom stereocenters. The zero-order chi connectivity index (χ0) is 17.4. The van der Waals surface area contributed by atoms with E-state index in [0.717, 1.165) is 35.4 Å². The van der Waals surface area contributed by atoms with Gasteiger partial charge in [0.1, 0.15) is 11.6 Å². The minimum atomic E-state index is -0.279. The van der Waals surface area contributed by atoms with Gasteiger partial charge in [-0.05, 0) is 48.2 Å². The Kier molecular flexibility index (Phi) is 3.99. The molecule has 5 heteroatoms. The van der Waals surface area contributed by atoms with E-state index in [1.165, 1.54) is 18.6 Å². The van der Waals surface area contributed by atoms with Gasteiger partial charge in [0.25, 0.3) is 5.91 Å². The molecule has 0 saturated carbocycles. The summed E-state index contributed by atoms with van der Waals surface area (Å²) in [6.45, 7) is 3.61. The van der Waals surface area contributed by atoms with Crippen LogP contribution in [-0.2, 0) is 19.5 Å². The highest BCUT2D eigenvalue weighted by Gasteiger charge is 2.19. The molecule has 25 heavy (non-hydrogen) atoms. The summed E-state index contributed by atoms with van der Waals surface area (Å²) in [6, 6.07) is 11.8. The van der Waals surface area contributed by atoms with E-state index in [0.29, 0.717) is 18.0 Å². The van der Waals surface area contributed by atoms with Crippen molar-refractivity contribution in [3.8, 4) is 0 Å². The van der Waals surface area contributed by atoms with Gasteiger partial charge < -0.3 is 9.88 Å². The maximum absolute atomic E-state index is 12.9. The average molecular weight is 337 g/mol. The van der Waals surface area contributed by atoms with E-state index in [1.807, 2.05) is 18.2 Å². The molecule has 0 fully saturated rings. The second kappa shape index (κ2) is 6.31. The molecule has 1 aliphatic rings. The number of nitrogens with zero attached hydrogens (tertiary/aromatic N) is 2. The fraction of sp³-hybridized carbons (Fsp3) is 0.300. The van der Waals surface area contributed by atoms with Crippen molar-refractivity contribution in [1.29, 1.82) is 0 Å². The maximum atomic E-state index is 12.9. The van der Waals surface area contributed by atoms with Gasteiger partial charge in [-0.3, -0.25) is 4.79 Å². The molecule has 3 aromatic rings. The number of imidazole rings is 1. The highest BCUT2D eigenvalue weighted by molar-refractivity contribution is 5.97. The average Bonchev–Trinajstić information content (AvgIpc) is 2.97. The molecule has 0 radical (unpaired) electrons. The monoisotopic (exact) mass is 337 g/mol. The molecule has 0 spiro atoms. The SMILES string of the molecule is C[C@@H]1CCn2c(nc3cc(C(=O)NCc4ccc(F)cc4)ccc32)C1. The largest absolute Gasteiger partial charge is 0.348 e. The van der Waals surface area contributed by atoms with E-state index in [4.69, 9.17) is 4.98 Å². The number of carbonyl (C=O) groups excluding carboxylic acids is 1. The van der Waals surface area contributed by atoms with Crippen LogP contribution in [0.5, 0.6) is 0 Å². The number of fused-ring (bicyclic) bond motifs is 3. The minimum Gasteiger partial charge on any atom is -0.348 e. The summed E-state index contributed by atoms with van der Waals surface area (Å²) in [5.41, 5.74) is 3.43. The van der Waals surface area contributed by atoms with Gasteiger partial charge in [0.2, 0.25) is 0 Å². The second-order valence-electron chi connectivity index (χ2n) is 6.79. The molecule has 0 bridgehead atoms. The van der Waals surface area contributed by atoms with Gasteiger partial charge in [-0.1, -0.05) is 19.1 Å². The first-order chi connectivity index (χ1) is 12.1. The molecule has 1 aromatic heterocycles. The van der Waals surface area contributed by atoms with Crippen molar-refractivity contribution in [3.63, 3.8) is 0 Å². The van der Waals surface area contributed by atoms with E-state index in [2.05, 4.69) is 16.8 Å². The predicted molar refractivity (Wildman–Crippen MR) is 94.8 cm³/mol. The summed E-state index contributed by atoms with van der Waals surface area (Å²) in [4.78, 5) is 17.1. The van der Waals surface area contributed by atoms with E-state index < -0.39 is 0 Å². The minimum absolute atomic E-state index is 0.148. The van der Waals surface area contributed by atoms with Gasteiger partial charge in [-0.15, -0.1) is 0 Å². The zero-order valence-corrected chi connectivity index (χ0v) is 14.1. The number of benzene rings is 2. The predicted octanol–water partition coefficient (Wildman–Crippen LogP) is 3.69. The van der Waals surface area contributed by atoms with Crippen molar-refractivity contribution >= 4 is 16.9 Å². The topological polar surface area (TPSA) is 46.9 Å². The number of carbonyl (C=O) groups is 1. The normalized spacial score (nSPS) is 16.6. The van der Waals surface area contributed by atoms with Gasteiger partial charge in [0.15, 0.2) is 0 Å². The van der Waals surface area contributed by atoms with Crippen molar-refractivity contribution in [2.45, 2.75) is 32.9 Å². The van der Waals surface area contributed by atoms with Gasteiger partial charge in [-0.2, -0.15) is 0 Å². The summed E-state index contributed by atoms with van der Waals surface area (Å²) >= 11 is 0. The Morgan fingerprint density at radius 3 is 2.88 bits per heavy atom. The summed E-state index contributed by atoms with van der Waals surface area (Å²) in [6.07, 6.45) is 2.15. The van der Waals surface area contributed by atoms with Crippen LogP contribution in [0.1, 0.15) is 35.1 Å². The van der Waals surface area contributed by atoms with Crippen molar-refractivity contribution in [3.05, 3.63) is 65.2 Å². The Hall–Kier alpha value is -2.69. The van der Waals surface area contributed by atoms with Gasteiger partial charge in [-0.25, -0.2) is 9.37 Å². The third-order valence-electron chi connectivity index (χ3n) is 4.83. The number of hydrogen-bond acceptors (Lipinski definition) is 2. The van der Waals surface area contributed by atoms with Crippen LogP contribution < -0.4 is 5.32 Å². The third kappa shape index (κ3) is 3.14. The summed E-state index contributed by atoms with van der Waals surface area (Å²) in [5.74, 6) is 1.34. The standard InChI is InChI=1S/C20H20FN3O/c1-13-8-9-24-18-7-4-15(11-17(18)23-19(24)10-13)20(25)22-12-14-2-5-16(21)6-3-14/h2-7,11,13H,8-10,12H2,1H3,(H,22,25)/t13-/m1/s1.